The molecule has 10 N–H and O–H groups in total. The van der Waals surface area contributed by atoms with Crippen molar-refractivity contribution in [1.82, 2.24) is 58.6 Å². The molecule has 4 aliphatic heterocycles. The van der Waals surface area contributed by atoms with E-state index in [2.05, 4.69) is 51.8 Å². The van der Waals surface area contributed by atoms with Crippen molar-refractivity contribution in [3.05, 3.63) is 38.0 Å². The summed E-state index contributed by atoms with van der Waals surface area (Å²) < 4.78 is 112. The van der Waals surface area contributed by atoms with E-state index in [1.807, 2.05) is 6.92 Å². The Labute approximate surface area is 539 Å². The van der Waals surface area contributed by atoms with Crippen molar-refractivity contribution < 1.29 is 89.3 Å². The number of carbonyl (C=O) groups is 1. The van der Waals surface area contributed by atoms with Crippen LogP contribution in [0.1, 0.15) is 155 Å². The SMILES string of the molecule is CCCCCCCCCCCCCCCCCC(=O)OCCSP(=O)(O)O[C@H]1C2OCCC[C@]2(COP(=O)(O)O[C@H]2C(O)[C@@H](COP(=O)(O)O[C@H]3C(OC)[C@@H](CC)O[C@H]3n3cnc4c(N)ncnc43)O[C@H]2n2cnc3c(N)ncnc32)O[C@H]1n1cnc2c(N)ncnc21. The van der Waals surface area contributed by atoms with Crippen molar-refractivity contribution in [3.8, 4) is 0 Å². The standard InChI is InChI=1S/C55H84N15O19P3S/c1-4-6-7-8-9-10-11-12-13-14-15-16-17-18-19-21-36(71)80-24-25-93-92(77,78)89-44-45-55(22-20-23-81-45,86-54(44)70-33-67-39-48(58)61-30-64-51(39)70)27-83-91(75,76)87-42-40(72)35(85-52(42)68-31-65-37-46(56)59-28-62-49(37)68)26-82-90(73,74)88-43-41(79-3)34(5-2)84-53(43)69-32-66-38-47(57)60-29-63-50(38)69/h28-35,40-45,52-54,72H,4-27H2,1-3H3,(H,73,74)(H,75,76)(H,77,78)(H2,56,59,62)(H2,57,60,63)(H2,58,61,64)/t34-,35-,40?,41?,42+,43+,44+,45?,52-,53-,54-,55-/m1/s1. The average molecular weight is 1380 g/mol. The summed E-state index contributed by atoms with van der Waals surface area (Å²) in [6, 6.07) is 0. The number of esters is 1. The van der Waals surface area contributed by atoms with Crippen LogP contribution in [0.25, 0.3) is 33.5 Å². The van der Waals surface area contributed by atoms with E-state index in [0.717, 1.165) is 25.6 Å². The van der Waals surface area contributed by atoms with Crippen molar-refractivity contribution in [2.24, 2.45) is 0 Å². The fraction of sp³-hybridized carbons (Fsp3) is 0.709. The van der Waals surface area contributed by atoms with Crippen molar-refractivity contribution in [3.63, 3.8) is 0 Å². The van der Waals surface area contributed by atoms with E-state index < -0.39 is 115 Å². The van der Waals surface area contributed by atoms with Gasteiger partial charge in [-0.3, -0.25) is 41.1 Å². The van der Waals surface area contributed by atoms with E-state index in [4.69, 9.17) is 68.2 Å². The number of imidazole rings is 3. The minimum Gasteiger partial charge on any atom is -0.465 e. The van der Waals surface area contributed by atoms with Gasteiger partial charge in [-0.05, 0) is 37.1 Å². The molecule has 4 aliphatic rings. The highest BCUT2D eigenvalue weighted by Gasteiger charge is 2.62. The van der Waals surface area contributed by atoms with Crippen LogP contribution in [0.4, 0.5) is 17.5 Å². The number of aliphatic hydroxyl groups is 1. The first-order valence-corrected chi connectivity index (χ1v) is 37.7. The number of aliphatic hydroxyl groups excluding tert-OH is 1. The molecule has 514 valence electrons. The second-order valence-corrected chi connectivity index (χ2v) is 30.2. The molecular weight excluding hydrogens is 1300 g/mol. The number of methoxy groups -OCH3 is 1. The number of phosphoric acid groups is 2. The van der Waals surface area contributed by atoms with Crippen LogP contribution in [0.5, 0.6) is 0 Å². The maximum atomic E-state index is 14.5. The lowest BCUT2D eigenvalue weighted by atomic mass is 9.89. The van der Waals surface area contributed by atoms with Crippen LogP contribution in [0.15, 0.2) is 38.0 Å². The van der Waals surface area contributed by atoms with Crippen LogP contribution in [0, 0.1) is 0 Å². The number of hydrogen-bond donors (Lipinski definition) is 7. The maximum Gasteiger partial charge on any atom is 0.472 e. The average Bonchev–Trinajstić information content (AvgIpc) is 1.59. The molecule has 0 spiro atoms. The zero-order valence-corrected chi connectivity index (χ0v) is 55.5. The van der Waals surface area contributed by atoms with E-state index in [9.17, 15) is 38.3 Å². The molecule has 15 atom stereocenters. The van der Waals surface area contributed by atoms with Gasteiger partial charge < -0.3 is 65.4 Å². The first kappa shape index (κ1) is 70.8. The van der Waals surface area contributed by atoms with E-state index in [-0.39, 0.29) is 82.8 Å². The Morgan fingerprint density at radius 1 is 0.634 bits per heavy atom. The van der Waals surface area contributed by atoms with Crippen molar-refractivity contribution >= 4 is 90.7 Å². The molecule has 0 radical (unpaired) electrons. The molecule has 38 heteroatoms. The Bertz CT molecular complexity index is 3600. The Hall–Kier alpha value is -5.00. The third kappa shape index (κ3) is 17.1. The number of fused-ring (bicyclic) bond motifs is 4. The molecule has 4 fully saturated rings. The summed E-state index contributed by atoms with van der Waals surface area (Å²) in [6.07, 6.45) is 11.0. The number of rotatable bonds is 37. The highest BCUT2D eigenvalue weighted by molar-refractivity contribution is 8.54. The highest BCUT2D eigenvalue weighted by Crippen LogP contribution is 2.61. The van der Waals surface area contributed by atoms with Crippen molar-refractivity contribution in [2.75, 3.05) is 56.5 Å². The van der Waals surface area contributed by atoms with Gasteiger partial charge in [0.25, 0.3) is 0 Å². The summed E-state index contributed by atoms with van der Waals surface area (Å²) >= 11 is 0.522. The maximum absolute atomic E-state index is 14.5. The van der Waals surface area contributed by atoms with Gasteiger partial charge in [-0.2, -0.15) is 0 Å². The van der Waals surface area contributed by atoms with Gasteiger partial charge in [-0.25, -0.2) is 58.6 Å². The molecule has 10 rings (SSSR count). The summed E-state index contributed by atoms with van der Waals surface area (Å²) in [5, 5.41) is 12.0. The normalized spacial score (nSPS) is 27.6. The van der Waals surface area contributed by atoms with E-state index in [1.54, 1.807) is 0 Å². The van der Waals surface area contributed by atoms with Crippen molar-refractivity contribution in [2.45, 2.75) is 209 Å². The van der Waals surface area contributed by atoms with Gasteiger partial charge in [0.1, 0.15) is 90.5 Å². The summed E-state index contributed by atoms with van der Waals surface area (Å²) in [6.45, 7) is -2.41. The predicted molar refractivity (Wildman–Crippen MR) is 335 cm³/mol. The molecule has 6 unspecified atom stereocenters. The molecule has 6 aromatic rings. The number of unbranched alkanes of at least 4 members (excludes halogenated alkanes) is 14. The Kier molecular flexibility index (Phi) is 24.3. The topological polar surface area (TPSA) is 460 Å². The van der Waals surface area contributed by atoms with Crippen LogP contribution in [-0.4, -0.2) is 178 Å². The fourth-order valence-corrected chi connectivity index (χ4v) is 16.6. The summed E-state index contributed by atoms with van der Waals surface area (Å²) in [5.74, 6) is -0.491. The molecule has 0 saturated carbocycles. The lowest BCUT2D eigenvalue weighted by molar-refractivity contribution is -0.165. The van der Waals surface area contributed by atoms with Crippen molar-refractivity contribution in [1.29, 1.82) is 0 Å². The van der Waals surface area contributed by atoms with Crippen LogP contribution in [0.3, 0.4) is 0 Å². The summed E-state index contributed by atoms with van der Waals surface area (Å²) in [4.78, 5) is 85.1. The van der Waals surface area contributed by atoms with Gasteiger partial charge in [0.15, 0.2) is 53.1 Å². The lowest BCUT2D eigenvalue weighted by Gasteiger charge is -2.38. The van der Waals surface area contributed by atoms with Gasteiger partial charge in [-0.1, -0.05) is 104 Å². The molecule has 6 aromatic heterocycles. The molecule has 10 heterocycles. The second-order valence-electron chi connectivity index (χ2n) is 23.4. The molecule has 4 saturated heterocycles. The van der Waals surface area contributed by atoms with E-state index >= 15 is 0 Å². The number of nitrogen functional groups attached to an aromatic ring is 3. The molecular formula is C55H84N15O19P3S. The fourth-order valence-electron chi connectivity index (χ4n) is 12.3. The highest BCUT2D eigenvalue weighted by atomic mass is 32.7. The van der Waals surface area contributed by atoms with E-state index in [1.165, 1.54) is 123 Å². The number of carbonyl (C=O) groups excluding carboxylic acids is 1. The zero-order valence-electron chi connectivity index (χ0n) is 52.0. The number of aromatic nitrogens is 12. The van der Waals surface area contributed by atoms with Crippen LogP contribution < -0.4 is 17.2 Å². The first-order valence-electron chi connectivity index (χ1n) is 31.5. The van der Waals surface area contributed by atoms with Gasteiger partial charge in [-0.15, -0.1) is 0 Å². The number of phosphoric ester groups is 2. The number of nitrogens with zero attached hydrogens (tertiary/aromatic N) is 12. The Balaban J connectivity index is 0.784. The largest absolute Gasteiger partial charge is 0.472 e. The number of nitrogens with two attached hydrogens (primary N) is 3. The zero-order chi connectivity index (χ0) is 65.9. The monoisotopic (exact) mass is 1380 g/mol. The van der Waals surface area contributed by atoms with E-state index in [0.29, 0.717) is 30.6 Å². The molecule has 93 heavy (non-hydrogen) atoms. The van der Waals surface area contributed by atoms with Gasteiger partial charge in [0.05, 0.1) is 38.3 Å². The molecule has 0 aliphatic carbocycles. The minimum absolute atomic E-state index is 0.0151. The van der Waals surface area contributed by atoms with Crippen LogP contribution in [0.2, 0.25) is 0 Å². The van der Waals surface area contributed by atoms with Gasteiger partial charge in [0.2, 0.25) is 0 Å². The molecule has 0 bridgehead atoms. The smallest absolute Gasteiger partial charge is 0.465 e. The quantitative estimate of drug-likeness (QED) is 0.0114. The van der Waals surface area contributed by atoms with Crippen LogP contribution >= 0.6 is 33.8 Å². The van der Waals surface area contributed by atoms with Crippen LogP contribution in [-0.2, 0) is 69.5 Å². The number of hydrogen-bond acceptors (Lipinski definition) is 29. The molecule has 0 aromatic carbocycles. The third-order valence-corrected chi connectivity index (χ3v) is 21.9. The number of ether oxygens (including phenoxy) is 6. The minimum atomic E-state index is -5.45. The predicted octanol–water partition coefficient (Wildman–Crippen LogP) is 7.31. The molecule has 0 amide bonds. The Morgan fingerprint density at radius 3 is 1.67 bits per heavy atom. The number of anilines is 3. The Morgan fingerprint density at radius 2 is 1.13 bits per heavy atom. The summed E-state index contributed by atoms with van der Waals surface area (Å²) in [5.41, 5.74) is 17.5. The first-order chi connectivity index (χ1) is 44.8. The summed E-state index contributed by atoms with van der Waals surface area (Å²) in [7, 11) is -9.28. The second kappa shape index (κ2) is 31.9. The third-order valence-electron chi connectivity index (χ3n) is 17.0. The van der Waals surface area contributed by atoms with Gasteiger partial charge >= 0.3 is 28.4 Å². The lowest BCUT2D eigenvalue weighted by Crippen LogP contribution is -2.51. The molecule has 34 nitrogen and oxygen atoms in total. The van der Waals surface area contributed by atoms with Gasteiger partial charge in [0, 0.05) is 25.9 Å².